The van der Waals surface area contributed by atoms with Crippen molar-refractivity contribution in [2.45, 2.75) is 25.6 Å². The number of carbonyl (C=O) groups is 2. The van der Waals surface area contributed by atoms with E-state index in [1.807, 2.05) is 0 Å². The van der Waals surface area contributed by atoms with Crippen molar-refractivity contribution in [3.05, 3.63) is 58.9 Å². The van der Waals surface area contributed by atoms with E-state index in [-0.39, 0.29) is 16.9 Å². The standard InChI is InChI=1S/C20H18F4N4O2/c1-19(2,28-13-6-7-14(16(21)9-13)17(29)26-3)18(30)27-12-5-4-11(10-25)15(8-12)20(22,23)24/h4-9,28H,1-3H3,(H,26,29)(H,27,30). The first kappa shape index (κ1) is 22.7. The molecule has 2 rings (SSSR count). The molecule has 0 heterocycles. The molecule has 0 aliphatic carbocycles. The van der Waals surface area contributed by atoms with Gasteiger partial charge in [0.25, 0.3) is 5.91 Å². The Morgan fingerprint density at radius 1 is 1.03 bits per heavy atom. The molecule has 0 saturated carbocycles. The summed E-state index contributed by atoms with van der Waals surface area (Å²) >= 11 is 0. The number of hydrogen-bond donors (Lipinski definition) is 3. The average molecular weight is 422 g/mol. The first-order chi connectivity index (χ1) is 13.9. The van der Waals surface area contributed by atoms with Crippen LogP contribution in [0.3, 0.4) is 0 Å². The summed E-state index contributed by atoms with van der Waals surface area (Å²) in [6.45, 7) is 2.89. The predicted octanol–water partition coefficient (Wildman–Crippen LogP) is 3.90. The number of benzene rings is 2. The summed E-state index contributed by atoms with van der Waals surface area (Å²) in [5.74, 6) is -2.12. The zero-order valence-corrected chi connectivity index (χ0v) is 16.2. The third-order valence-electron chi connectivity index (χ3n) is 4.17. The smallest absolute Gasteiger partial charge is 0.372 e. The Morgan fingerprint density at radius 2 is 1.67 bits per heavy atom. The van der Waals surface area contributed by atoms with E-state index in [1.165, 1.54) is 45.2 Å². The van der Waals surface area contributed by atoms with Crippen LogP contribution in [0.4, 0.5) is 28.9 Å². The lowest BCUT2D eigenvalue weighted by Gasteiger charge is -2.26. The molecular weight excluding hydrogens is 404 g/mol. The number of carbonyl (C=O) groups excluding carboxylic acids is 2. The maximum Gasteiger partial charge on any atom is 0.417 e. The van der Waals surface area contributed by atoms with Gasteiger partial charge in [0.1, 0.15) is 11.4 Å². The van der Waals surface area contributed by atoms with Gasteiger partial charge in [0.2, 0.25) is 5.91 Å². The van der Waals surface area contributed by atoms with Crippen LogP contribution in [0.15, 0.2) is 36.4 Å². The normalized spacial score (nSPS) is 11.4. The van der Waals surface area contributed by atoms with Gasteiger partial charge in [-0.3, -0.25) is 9.59 Å². The molecule has 0 aromatic heterocycles. The molecule has 158 valence electrons. The number of hydrogen-bond acceptors (Lipinski definition) is 4. The lowest BCUT2D eigenvalue weighted by atomic mass is 10.0. The maximum atomic E-state index is 14.1. The molecule has 2 amide bonds. The highest BCUT2D eigenvalue weighted by Crippen LogP contribution is 2.33. The number of amides is 2. The average Bonchev–Trinajstić information content (AvgIpc) is 2.66. The molecular formula is C20H18F4N4O2. The second-order valence-electron chi connectivity index (χ2n) is 6.85. The van der Waals surface area contributed by atoms with Crippen molar-refractivity contribution >= 4 is 23.2 Å². The summed E-state index contributed by atoms with van der Waals surface area (Å²) in [5, 5.41) is 16.3. The van der Waals surface area contributed by atoms with E-state index in [0.29, 0.717) is 6.07 Å². The summed E-state index contributed by atoms with van der Waals surface area (Å²) < 4.78 is 53.4. The summed E-state index contributed by atoms with van der Waals surface area (Å²) in [6, 6.07) is 7.94. The minimum atomic E-state index is -4.76. The fraction of sp³-hybridized carbons (Fsp3) is 0.250. The van der Waals surface area contributed by atoms with Crippen LogP contribution in [0.5, 0.6) is 0 Å². The molecule has 0 fully saturated rings. The third-order valence-corrected chi connectivity index (χ3v) is 4.17. The number of alkyl halides is 3. The first-order valence-corrected chi connectivity index (χ1v) is 8.61. The highest BCUT2D eigenvalue weighted by molar-refractivity contribution is 6.00. The molecule has 0 atom stereocenters. The second kappa shape index (κ2) is 8.41. The van der Waals surface area contributed by atoms with Crippen LogP contribution < -0.4 is 16.0 Å². The molecule has 0 unspecified atom stereocenters. The topological polar surface area (TPSA) is 94.0 Å². The van der Waals surface area contributed by atoms with E-state index in [9.17, 15) is 27.2 Å². The van der Waals surface area contributed by atoms with Crippen LogP contribution in [0.2, 0.25) is 0 Å². The van der Waals surface area contributed by atoms with Gasteiger partial charge in [0.05, 0.1) is 22.8 Å². The Kier molecular flexibility index (Phi) is 6.35. The molecule has 2 aromatic rings. The van der Waals surface area contributed by atoms with Gasteiger partial charge in [-0.1, -0.05) is 0 Å². The SMILES string of the molecule is CNC(=O)c1ccc(NC(C)(C)C(=O)Nc2ccc(C#N)c(C(F)(F)F)c2)cc1F. The molecule has 0 radical (unpaired) electrons. The molecule has 0 spiro atoms. The fourth-order valence-electron chi connectivity index (χ4n) is 2.57. The van der Waals surface area contributed by atoms with Crippen LogP contribution in [0.1, 0.15) is 35.3 Å². The summed E-state index contributed by atoms with van der Waals surface area (Å²) in [4.78, 5) is 24.1. The van der Waals surface area contributed by atoms with Gasteiger partial charge in [-0.25, -0.2) is 4.39 Å². The number of anilines is 2. The van der Waals surface area contributed by atoms with Crippen LogP contribution in [-0.4, -0.2) is 24.4 Å². The number of nitrogens with zero attached hydrogens (tertiary/aromatic N) is 1. The van der Waals surface area contributed by atoms with Gasteiger partial charge in [-0.05, 0) is 50.2 Å². The molecule has 0 aliphatic heterocycles. The van der Waals surface area contributed by atoms with E-state index < -0.39 is 40.5 Å². The van der Waals surface area contributed by atoms with E-state index in [2.05, 4.69) is 16.0 Å². The Balaban J connectivity index is 2.22. The second-order valence-corrected chi connectivity index (χ2v) is 6.85. The van der Waals surface area contributed by atoms with Crippen molar-refractivity contribution < 1.29 is 27.2 Å². The predicted molar refractivity (Wildman–Crippen MR) is 102 cm³/mol. The van der Waals surface area contributed by atoms with Crippen molar-refractivity contribution in [1.29, 1.82) is 5.26 Å². The van der Waals surface area contributed by atoms with Crippen molar-refractivity contribution in [2.75, 3.05) is 17.7 Å². The Morgan fingerprint density at radius 3 is 2.20 bits per heavy atom. The number of nitriles is 1. The third kappa shape index (κ3) is 5.05. The van der Waals surface area contributed by atoms with Crippen LogP contribution in [0.25, 0.3) is 0 Å². The maximum absolute atomic E-state index is 14.1. The van der Waals surface area contributed by atoms with Gasteiger partial charge in [0.15, 0.2) is 0 Å². The van der Waals surface area contributed by atoms with E-state index in [4.69, 9.17) is 5.26 Å². The fourth-order valence-corrected chi connectivity index (χ4v) is 2.57. The highest BCUT2D eigenvalue weighted by Gasteiger charge is 2.34. The highest BCUT2D eigenvalue weighted by atomic mass is 19.4. The Labute approximate surface area is 169 Å². The van der Waals surface area contributed by atoms with E-state index in [0.717, 1.165) is 12.1 Å². The summed E-state index contributed by atoms with van der Waals surface area (Å²) in [6.07, 6.45) is -4.76. The van der Waals surface area contributed by atoms with Gasteiger partial charge in [-0.2, -0.15) is 18.4 Å². The van der Waals surface area contributed by atoms with E-state index >= 15 is 0 Å². The van der Waals surface area contributed by atoms with Crippen molar-refractivity contribution in [1.82, 2.24) is 5.32 Å². The zero-order chi connectivity index (χ0) is 22.7. The zero-order valence-electron chi connectivity index (χ0n) is 16.2. The lowest BCUT2D eigenvalue weighted by molar-refractivity contribution is -0.137. The minimum Gasteiger partial charge on any atom is -0.372 e. The first-order valence-electron chi connectivity index (χ1n) is 8.61. The molecule has 0 aliphatic rings. The van der Waals surface area contributed by atoms with Gasteiger partial charge < -0.3 is 16.0 Å². The Bertz CT molecular complexity index is 1030. The molecule has 3 N–H and O–H groups in total. The van der Waals surface area contributed by atoms with Crippen LogP contribution in [-0.2, 0) is 11.0 Å². The lowest BCUT2D eigenvalue weighted by Crippen LogP contribution is -2.44. The molecule has 10 heteroatoms. The molecule has 30 heavy (non-hydrogen) atoms. The number of nitrogens with one attached hydrogen (secondary N) is 3. The molecule has 6 nitrogen and oxygen atoms in total. The van der Waals surface area contributed by atoms with Gasteiger partial charge in [0, 0.05) is 18.4 Å². The summed E-state index contributed by atoms with van der Waals surface area (Å²) in [7, 11) is 1.36. The molecule has 0 saturated heterocycles. The van der Waals surface area contributed by atoms with E-state index in [1.54, 1.807) is 0 Å². The Hall–Kier alpha value is -3.61. The van der Waals surface area contributed by atoms with Crippen molar-refractivity contribution in [2.24, 2.45) is 0 Å². The minimum absolute atomic E-state index is 0.151. The molecule has 0 bridgehead atoms. The quantitative estimate of drug-likeness (QED) is 0.637. The largest absolute Gasteiger partial charge is 0.417 e. The molecule has 2 aromatic carbocycles. The van der Waals surface area contributed by atoms with Crippen molar-refractivity contribution in [3.63, 3.8) is 0 Å². The number of rotatable bonds is 5. The monoisotopic (exact) mass is 422 g/mol. The van der Waals surface area contributed by atoms with Crippen LogP contribution >= 0.6 is 0 Å². The van der Waals surface area contributed by atoms with Gasteiger partial charge >= 0.3 is 6.18 Å². The van der Waals surface area contributed by atoms with Crippen LogP contribution in [0, 0.1) is 17.1 Å². The van der Waals surface area contributed by atoms with Gasteiger partial charge in [-0.15, -0.1) is 0 Å². The summed E-state index contributed by atoms with van der Waals surface area (Å²) in [5.41, 5.74) is -3.22. The number of halogens is 4. The van der Waals surface area contributed by atoms with Crippen molar-refractivity contribution in [3.8, 4) is 6.07 Å².